The first-order chi connectivity index (χ1) is 10.2. The first-order valence-electron chi connectivity index (χ1n) is 6.55. The second-order valence-corrected chi connectivity index (χ2v) is 4.61. The highest BCUT2D eigenvalue weighted by atomic mass is 19.1. The van der Waals surface area contributed by atoms with Crippen molar-refractivity contribution < 1.29 is 18.3 Å². The monoisotopic (exact) mass is 291 g/mol. The number of nitrogens with zero attached hydrogens (tertiary/aromatic N) is 2. The maximum atomic E-state index is 12.8. The van der Waals surface area contributed by atoms with Gasteiger partial charge < -0.3 is 14.1 Å². The van der Waals surface area contributed by atoms with Crippen LogP contribution in [-0.2, 0) is 4.74 Å². The molecule has 1 saturated heterocycles. The van der Waals surface area contributed by atoms with Crippen LogP contribution in [0.15, 0.2) is 41.1 Å². The second kappa shape index (κ2) is 5.92. The van der Waals surface area contributed by atoms with E-state index in [0.29, 0.717) is 31.3 Å². The van der Waals surface area contributed by atoms with E-state index in [2.05, 4.69) is 10.3 Å². The number of ether oxygens (including phenoxy) is 1. The maximum absolute atomic E-state index is 12.8. The number of carbonyl (C=O) groups excluding carboxylic acids is 1. The Balaban J connectivity index is 1.63. The Morgan fingerprint density at radius 2 is 2.33 bits per heavy atom. The molecule has 3 heterocycles. The SMILES string of the molecule is O=C(Nc1ccc(F)cn1)N1CCO[C@@H](c2ccco2)C1. The van der Waals surface area contributed by atoms with Gasteiger partial charge in [0.1, 0.15) is 23.5 Å². The van der Waals surface area contributed by atoms with E-state index in [4.69, 9.17) is 9.15 Å². The third-order valence-electron chi connectivity index (χ3n) is 3.18. The molecule has 0 aliphatic carbocycles. The maximum Gasteiger partial charge on any atom is 0.323 e. The molecular weight excluding hydrogens is 277 g/mol. The van der Waals surface area contributed by atoms with Gasteiger partial charge >= 0.3 is 6.03 Å². The summed E-state index contributed by atoms with van der Waals surface area (Å²) >= 11 is 0. The van der Waals surface area contributed by atoms with Crippen LogP contribution in [0.2, 0.25) is 0 Å². The molecule has 1 aliphatic heterocycles. The van der Waals surface area contributed by atoms with Crippen molar-refractivity contribution in [1.29, 1.82) is 0 Å². The summed E-state index contributed by atoms with van der Waals surface area (Å²) in [4.78, 5) is 17.6. The van der Waals surface area contributed by atoms with Gasteiger partial charge in [0.2, 0.25) is 0 Å². The van der Waals surface area contributed by atoms with Gasteiger partial charge in [-0.3, -0.25) is 5.32 Å². The number of urea groups is 1. The van der Waals surface area contributed by atoms with Crippen molar-refractivity contribution in [3.05, 3.63) is 48.3 Å². The normalized spacial score (nSPS) is 18.5. The Labute approximate surface area is 120 Å². The lowest BCUT2D eigenvalue weighted by atomic mass is 10.2. The number of pyridine rings is 1. The Morgan fingerprint density at radius 1 is 1.43 bits per heavy atom. The zero-order chi connectivity index (χ0) is 14.7. The van der Waals surface area contributed by atoms with E-state index >= 15 is 0 Å². The van der Waals surface area contributed by atoms with Gasteiger partial charge in [-0.15, -0.1) is 0 Å². The summed E-state index contributed by atoms with van der Waals surface area (Å²) in [5.41, 5.74) is 0. The molecule has 0 saturated carbocycles. The molecule has 2 aromatic rings. The molecular formula is C14H14FN3O3. The molecule has 0 bridgehead atoms. The van der Waals surface area contributed by atoms with Crippen LogP contribution < -0.4 is 5.32 Å². The minimum absolute atomic E-state index is 0.277. The second-order valence-electron chi connectivity index (χ2n) is 4.61. The molecule has 0 spiro atoms. The Kier molecular flexibility index (Phi) is 3.83. The topological polar surface area (TPSA) is 67.6 Å². The Bertz CT molecular complexity index is 600. The number of amides is 2. The van der Waals surface area contributed by atoms with Gasteiger partial charge in [0.15, 0.2) is 0 Å². The molecule has 1 atom stereocenters. The molecule has 2 aromatic heterocycles. The van der Waals surface area contributed by atoms with Crippen LogP contribution in [0, 0.1) is 5.82 Å². The standard InChI is InChI=1S/C14H14FN3O3/c15-10-3-4-13(16-8-10)17-14(19)18-5-7-21-12(9-18)11-2-1-6-20-11/h1-4,6,8,12H,5,7,9H2,(H,16,17,19)/t12-/m1/s1. The zero-order valence-electron chi connectivity index (χ0n) is 11.2. The highest BCUT2D eigenvalue weighted by Gasteiger charge is 2.27. The average Bonchev–Trinajstić information content (AvgIpc) is 3.04. The molecule has 2 amide bonds. The van der Waals surface area contributed by atoms with Gasteiger partial charge in [-0.05, 0) is 24.3 Å². The van der Waals surface area contributed by atoms with Gasteiger partial charge in [-0.1, -0.05) is 0 Å². The summed E-state index contributed by atoms with van der Waals surface area (Å²) in [6, 6.07) is 5.95. The lowest BCUT2D eigenvalue weighted by Crippen LogP contribution is -2.44. The highest BCUT2D eigenvalue weighted by molar-refractivity contribution is 5.88. The lowest BCUT2D eigenvalue weighted by molar-refractivity contribution is -0.0242. The number of furan rings is 1. The van der Waals surface area contributed by atoms with Gasteiger partial charge in [0.05, 0.1) is 25.6 Å². The fourth-order valence-electron chi connectivity index (χ4n) is 2.12. The first-order valence-corrected chi connectivity index (χ1v) is 6.55. The van der Waals surface area contributed by atoms with Crippen molar-refractivity contribution in [2.45, 2.75) is 6.10 Å². The third-order valence-corrected chi connectivity index (χ3v) is 3.18. The molecule has 110 valence electrons. The largest absolute Gasteiger partial charge is 0.467 e. The van der Waals surface area contributed by atoms with Crippen molar-refractivity contribution >= 4 is 11.8 Å². The molecule has 1 aliphatic rings. The highest BCUT2D eigenvalue weighted by Crippen LogP contribution is 2.22. The van der Waals surface area contributed by atoms with Gasteiger partial charge in [0, 0.05) is 6.54 Å². The van der Waals surface area contributed by atoms with Crippen LogP contribution in [-0.4, -0.2) is 35.6 Å². The number of carbonyl (C=O) groups is 1. The zero-order valence-corrected chi connectivity index (χ0v) is 11.2. The van der Waals surface area contributed by atoms with Crippen LogP contribution in [0.4, 0.5) is 15.0 Å². The summed E-state index contributed by atoms with van der Waals surface area (Å²) < 4.78 is 23.7. The van der Waals surface area contributed by atoms with Crippen LogP contribution >= 0.6 is 0 Å². The first kappa shape index (κ1) is 13.6. The Morgan fingerprint density at radius 3 is 3.05 bits per heavy atom. The fraction of sp³-hybridized carbons (Fsp3) is 0.286. The van der Waals surface area contributed by atoms with Crippen LogP contribution in [0.5, 0.6) is 0 Å². The number of halogens is 1. The molecule has 1 fully saturated rings. The fourth-order valence-corrected chi connectivity index (χ4v) is 2.12. The summed E-state index contributed by atoms with van der Waals surface area (Å²) in [5.74, 6) is 0.548. The predicted molar refractivity (Wildman–Crippen MR) is 72.2 cm³/mol. The predicted octanol–water partition coefficient (Wildman–Crippen LogP) is 2.42. The molecule has 0 unspecified atom stereocenters. The molecule has 0 aromatic carbocycles. The molecule has 21 heavy (non-hydrogen) atoms. The number of anilines is 1. The average molecular weight is 291 g/mol. The van der Waals surface area contributed by atoms with Crippen molar-refractivity contribution in [3.8, 4) is 0 Å². The summed E-state index contributed by atoms with van der Waals surface area (Å²) in [5, 5.41) is 2.63. The minimum Gasteiger partial charge on any atom is -0.467 e. The van der Waals surface area contributed by atoms with E-state index < -0.39 is 5.82 Å². The van der Waals surface area contributed by atoms with Gasteiger partial charge in [-0.25, -0.2) is 14.2 Å². The van der Waals surface area contributed by atoms with E-state index in [1.165, 1.54) is 12.1 Å². The minimum atomic E-state index is -0.447. The van der Waals surface area contributed by atoms with Gasteiger partial charge in [-0.2, -0.15) is 0 Å². The van der Waals surface area contributed by atoms with Gasteiger partial charge in [0.25, 0.3) is 0 Å². The number of rotatable bonds is 2. The van der Waals surface area contributed by atoms with Crippen LogP contribution in [0.25, 0.3) is 0 Å². The van der Waals surface area contributed by atoms with Crippen LogP contribution in [0.1, 0.15) is 11.9 Å². The smallest absolute Gasteiger partial charge is 0.323 e. The summed E-state index contributed by atoms with van der Waals surface area (Å²) in [6.07, 6.45) is 2.35. The number of hydrogen-bond acceptors (Lipinski definition) is 4. The van der Waals surface area contributed by atoms with E-state index in [1.54, 1.807) is 17.2 Å². The molecule has 0 radical (unpaired) electrons. The molecule has 7 heteroatoms. The number of nitrogens with one attached hydrogen (secondary N) is 1. The quantitative estimate of drug-likeness (QED) is 0.922. The lowest BCUT2D eigenvalue weighted by Gasteiger charge is -2.31. The van der Waals surface area contributed by atoms with E-state index in [-0.39, 0.29) is 12.1 Å². The molecule has 3 rings (SSSR count). The number of hydrogen-bond donors (Lipinski definition) is 1. The number of morpholine rings is 1. The summed E-state index contributed by atoms with van der Waals surface area (Å²) in [7, 11) is 0. The number of aromatic nitrogens is 1. The third kappa shape index (κ3) is 3.19. The van der Waals surface area contributed by atoms with Crippen molar-refractivity contribution in [2.75, 3.05) is 25.0 Å². The van der Waals surface area contributed by atoms with E-state index in [9.17, 15) is 9.18 Å². The van der Waals surface area contributed by atoms with Crippen molar-refractivity contribution in [3.63, 3.8) is 0 Å². The summed E-state index contributed by atoms with van der Waals surface area (Å²) in [6.45, 7) is 1.29. The van der Waals surface area contributed by atoms with Crippen molar-refractivity contribution in [2.24, 2.45) is 0 Å². The van der Waals surface area contributed by atoms with Crippen molar-refractivity contribution in [1.82, 2.24) is 9.88 Å². The van der Waals surface area contributed by atoms with E-state index in [1.807, 2.05) is 6.07 Å². The van der Waals surface area contributed by atoms with E-state index in [0.717, 1.165) is 6.20 Å². The van der Waals surface area contributed by atoms with Crippen LogP contribution in [0.3, 0.4) is 0 Å². The molecule has 6 nitrogen and oxygen atoms in total. The molecule has 1 N–H and O–H groups in total. The Hall–Kier alpha value is -2.41.